The van der Waals surface area contributed by atoms with Crippen LogP contribution >= 0.6 is 0 Å². The second-order valence-corrected chi connectivity index (χ2v) is 7.62. The molecule has 1 aromatic carbocycles. The van der Waals surface area contributed by atoms with Gasteiger partial charge in [-0.05, 0) is 30.0 Å². The zero-order valence-corrected chi connectivity index (χ0v) is 13.3. The molecule has 118 valence electrons. The Hall–Kier alpha value is -1.73. The molecule has 22 heavy (non-hydrogen) atoms. The fraction of sp³-hybridized carbons (Fsp3) is 0.400. The number of nitrogens with zero attached hydrogens (tertiary/aromatic N) is 3. The van der Waals surface area contributed by atoms with E-state index in [1.807, 2.05) is 6.92 Å². The molecule has 1 aliphatic heterocycles. The van der Waals surface area contributed by atoms with Gasteiger partial charge in [-0.3, -0.25) is 4.68 Å². The summed E-state index contributed by atoms with van der Waals surface area (Å²) in [6, 6.07) is 5.83. The third kappa shape index (κ3) is 2.55. The van der Waals surface area contributed by atoms with Gasteiger partial charge in [-0.2, -0.15) is 9.40 Å². The Morgan fingerprint density at radius 3 is 2.77 bits per heavy atom. The molecule has 7 heteroatoms. The number of aromatic nitrogens is 2. The molecule has 0 saturated carbocycles. The molecule has 0 N–H and O–H groups in total. The highest BCUT2D eigenvalue weighted by molar-refractivity contribution is 7.89. The number of sulfonamides is 1. The summed E-state index contributed by atoms with van der Waals surface area (Å²) in [5.41, 5.74) is 0.692. The van der Waals surface area contributed by atoms with Crippen LogP contribution in [0, 0.1) is 11.7 Å². The Labute approximate surface area is 129 Å². The van der Waals surface area contributed by atoms with Gasteiger partial charge >= 0.3 is 0 Å². The van der Waals surface area contributed by atoms with Gasteiger partial charge < -0.3 is 0 Å². The maximum atomic E-state index is 13.5. The third-order valence-electron chi connectivity index (χ3n) is 4.13. The van der Waals surface area contributed by atoms with Crippen LogP contribution in [-0.2, 0) is 17.1 Å². The lowest BCUT2D eigenvalue weighted by Crippen LogP contribution is -2.31. The summed E-state index contributed by atoms with van der Waals surface area (Å²) >= 11 is 0. The normalized spacial score (nSPS) is 23.0. The van der Waals surface area contributed by atoms with E-state index in [9.17, 15) is 12.8 Å². The summed E-state index contributed by atoms with van der Waals surface area (Å²) in [7, 11) is -1.96. The Kier molecular flexibility index (Phi) is 3.78. The summed E-state index contributed by atoms with van der Waals surface area (Å²) in [6.07, 6.45) is 3.59. The van der Waals surface area contributed by atoms with Gasteiger partial charge in [0.05, 0.1) is 12.2 Å². The van der Waals surface area contributed by atoms with E-state index in [0.29, 0.717) is 12.1 Å². The number of rotatable bonds is 3. The predicted molar refractivity (Wildman–Crippen MR) is 80.0 cm³/mol. The second-order valence-electron chi connectivity index (χ2n) is 5.73. The van der Waals surface area contributed by atoms with E-state index in [2.05, 4.69) is 5.10 Å². The molecule has 0 amide bonds. The monoisotopic (exact) mass is 323 g/mol. The highest BCUT2D eigenvalue weighted by atomic mass is 32.2. The average molecular weight is 323 g/mol. The van der Waals surface area contributed by atoms with E-state index < -0.39 is 10.0 Å². The first-order chi connectivity index (χ1) is 10.4. The predicted octanol–water partition coefficient (Wildman–Crippen LogP) is 2.33. The van der Waals surface area contributed by atoms with Crippen molar-refractivity contribution in [2.24, 2.45) is 13.0 Å². The summed E-state index contributed by atoms with van der Waals surface area (Å²) < 4.78 is 42.1. The average Bonchev–Trinajstić information content (AvgIpc) is 3.05. The van der Waals surface area contributed by atoms with Crippen LogP contribution in [0.2, 0.25) is 0 Å². The molecule has 3 rings (SSSR count). The summed E-state index contributed by atoms with van der Waals surface area (Å²) in [6.45, 7) is 2.42. The molecule has 1 fully saturated rings. The van der Waals surface area contributed by atoms with Crippen molar-refractivity contribution in [3.05, 3.63) is 48.0 Å². The van der Waals surface area contributed by atoms with Gasteiger partial charge in [-0.1, -0.05) is 19.1 Å². The van der Waals surface area contributed by atoms with E-state index >= 15 is 0 Å². The van der Waals surface area contributed by atoms with Gasteiger partial charge in [0.1, 0.15) is 10.7 Å². The molecule has 5 nitrogen and oxygen atoms in total. The van der Waals surface area contributed by atoms with Crippen molar-refractivity contribution in [3.8, 4) is 0 Å². The van der Waals surface area contributed by atoms with Crippen LogP contribution in [0.25, 0.3) is 0 Å². The van der Waals surface area contributed by atoms with Gasteiger partial charge in [-0.15, -0.1) is 0 Å². The first kappa shape index (κ1) is 15.2. The number of hydrogen-bond acceptors (Lipinski definition) is 3. The van der Waals surface area contributed by atoms with Crippen LogP contribution in [-0.4, -0.2) is 29.0 Å². The summed E-state index contributed by atoms with van der Waals surface area (Å²) in [5.74, 6) is -0.219. The first-order valence-corrected chi connectivity index (χ1v) is 8.59. The fourth-order valence-electron chi connectivity index (χ4n) is 3.03. The Morgan fingerprint density at radius 2 is 2.14 bits per heavy atom. The van der Waals surface area contributed by atoms with Crippen molar-refractivity contribution in [2.75, 3.05) is 6.54 Å². The number of benzene rings is 1. The molecule has 2 atom stereocenters. The van der Waals surface area contributed by atoms with Crippen molar-refractivity contribution >= 4 is 10.0 Å². The van der Waals surface area contributed by atoms with Crippen LogP contribution in [0.4, 0.5) is 4.39 Å². The van der Waals surface area contributed by atoms with Gasteiger partial charge in [0.25, 0.3) is 0 Å². The van der Waals surface area contributed by atoms with Crippen molar-refractivity contribution in [1.29, 1.82) is 0 Å². The third-order valence-corrected chi connectivity index (χ3v) is 5.97. The quantitative estimate of drug-likeness (QED) is 0.871. The van der Waals surface area contributed by atoms with Gasteiger partial charge in [0, 0.05) is 19.8 Å². The number of hydrogen-bond donors (Lipinski definition) is 0. The molecule has 1 aliphatic rings. The molecular formula is C15H18FN3O2S. The number of halogens is 1. The number of aryl methyl sites for hydroxylation is 1. The topological polar surface area (TPSA) is 55.2 Å². The Balaban J connectivity index is 2.02. The molecule has 0 radical (unpaired) electrons. The highest BCUT2D eigenvalue weighted by Crippen LogP contribution is 2.40. The minimum Gasteiger partial charge on any atom is -0.274 e. The Morgan fingerprint density at radius 1 is 1.36 bits per heavy atom. The van der Waals surface area contributed by atoms with Crippen molar-refractivity contribution in [1.82, 2.24) is 14.1 Å². The van der Waals surface area contributed by atoms with E-state index in [1.54, 1.807) is 19.2 Å². The van der Waals surface area contributed by atoms with Crippen LogP contribution in [0.1, 0.15) is 24.9 Å². The van der Waals surface area contributed by atoms with Crippen molar-refractivity contribution in [3.63, 3.8) is 0 Å². The SMILES string of the molecule is C[C@H]1CCN(S(=O)(=O)c2cnn(C)c2)[C@@H]1c1cccc(F)c1. The molecule has 1 aromatic heterocycles. The van der Waals surface area contributed by atoms with Gasteiger partial charge in [0.2, 0.25) is 10.0 Å². The van der Waals surface area contributed by atoms with Gasteiger partial charge in [0.15, 0.2) is 0 Å². The lowest BCUT2D eigenvalue weighted by molar-refractivity contribution is 0.356. The zero-order valence-electron chi connectivity index (χ0n) is 12.5. The molecule has 2 aromatic rings. The molecule has 0 aliphatic carbocycles. The van der Waals surface area contributed by atoms with E-state index in [-0.39, 0.29) is 22.7 Å². The minimum absolute atomic E-state index is 0.133. The van der Waals surface area contributed by atoms with E-state index in [1.165, 1.54) is 33.5 Å². The molecule has 0 bridgehead atoms. The largest absolute Gasteiger partial charge is 0.274 e. The van der Waals surface area contributed by atoms with Crippen LogP contribution in [0.5, 0.6) is 0 Å². The molecule has 0 spiro atoms. The van der Waals surface area contributed by atoms with Crippen molar-refractivity contribution in [2.45, 2.75) is 24.3 Å². The van der Waals surface area contributed by atoms with Crippen molar-refractivity contribution < 1.29 is 12.8 Å². The lowest BCUT2D eigenvalue weighted by Gasteiger charge is -2.26. The fourth-order valence-corrected chi connectivity index (χ4v) is 4.75. The van der Waals surface area contributed by atoms with E-state index in [0.717, 1.165) is 6.42 Å². The highest BCUT2D eigenvalue weighted by Gasteiger charge is 2.41. The Bertz CT molecular complexity index is 788. The van der Waals surface area contributed by atoms with E-state index in [4.69, 9.17) is 0 Å². The summed E-state index contributed by atoms with van der Waals surface area (Å²) in [5, 5.41) is 3.94. The molecule has 0 unspecified atom stereocenters. The smallest absolute Gasteiger partial charge is 0.246 e. The molecule has 2 heterocycles. The lowest BCUT2D eigenvalue weighted by atomic mass is 9.96. The maximum absolute atomic E-state index is 13.5. The van der Waals surface area contributed by atoms with Gasteiger partial charge in [-0.25, -0.2) is 12.8 Å². The second kappa shape index (κ2) is 5.48. The molecular weight excluding hydrogens is 305 g/mol. The van der Waals surface area contributed by atoms with Crippen LogP contribution in [0.15, 0.2) is 41.6 Å². The molecule has 1 saturated heterocycles. The zero-order chi connectivity index (χ0) is 15.9. The van der Waals surface area contributed by atoms with Crippen LogP contribution in [0.3, 0.4) is 0 Å². The first-order valence-electron chi connectivity index (χ1n) is 7.15. The van der Waals surface area contributed by atoms with Crippen LogP contribution < -0.4 is 0 Å². The standard InChI is InChI=1S/C15H18FN3O2S/c1-11-6-7-19(15(11)12-4-3-5-13(16)8-12)22(20,21)14-9-17-18(2)10-14/h3-5,8-11,15H,6-7H2,1-2H3/t11-,15-/m0/s1. The summed E-state index contributed by atoms with van der Waals surface area (Å²) in [4.78, 5) is 0.172. The maximum Gasteiger partial charge on any atom is 0.246 e. The minimum atomic E-state index is -3.63.